The molecule has 2 aromatic carbocycles. The van der Waals surface area contributed by atoms with Crippen molar-refractivity contribution in [3.05, 3.63) is 59.2 Å². The third-order valence-corrected chi connectivity index (χ3v) is 5.89. The molecule has 0 spiro atoms. The van der Waals surface area contributed by atoms with Gasteiger partial charge in [0.1, 0.15) is 0 Å². The van der Waals surface area contributed by atoms with Crippen LogP contribution in [-0.4, -0.2) is 59.8 Å². The van der Waals surface area contributed by atoms with Crippen LogP contribution in [0.25, 0.3) is 10.2 Å². The summed E-state index contributed by atoms with van der Waals surface area (Å²) in [6, 6.07) is 12.9. The zero-order valence-electron chi connectivity index (χ0n) is 15.9. The molecule has 1 aromatic heterocycles. The number of amides is 2. The smallest absolute Gasteiger partial charge is 0.257 e. The summed E-state index contributed by atoms with van der Waals surface area (Å²) in [6.07, 6.45) is 0. The largest absolute Gasteiger partial charge is 0.336 e. The van der Waals surface area contributed by atoms with Gasteiger partial charge in [0, 0.05) is 37.3 Å². The second kappa shape index (κ2) is 7.69. The van der Waals surface area contributed by atoms with Gasteiger partial charge >= 0.3 is 0 Å². The van der Waals surface area contributed by atoms with Crippen LogP contribution in [0.4, 0.5) is 5.13 Å². The molecule has 144 valence electrons. The van der Waals surface area contributed by atoms with Crippen LogP contribution in [-0.2, 0) is 0 Å². The third-order valence-electron chi connectivity index (χ3n) is 4.96. The maximum atomic E-state index is 12.8. The first-order valence-electron chi connectivity index (χ1n) is 9.26. The Balaban J connectivity index is 1.50. The van der Waals surface area contributed by atoms with Gasteiger partial charge in [0.25, 0.3) is 11.8 Å². The summed E-state index contributed by atoms with van der Waals surface area (Å²) in [5.74, 6) is -0.138. The third kappa shape index (κ3) is 3.90. The zero-order chi connectivity index (χ0) is 19.7. The van der Waals surface area contributed by atoms with Gasteiger partial charge in [-0.1, -0.05) is 29.0 Å². The van der Waals surface area contributed by atoms with Gasteiger partial charge in [-0.05, 0) is 44.3 Å². The second-order valence-corrected chi connectivity index (χ2v) is 8.15. The number of aromatic nitrogens is 1. The summed E-state index contributed by atoms with van der Waals surface area (Å²) in [4.78, 5) is 33.8. The molecule has 6 nitrogen and oxygen atoms in total. The van der Waals surface area contributed by atoms with Gasteiger partial charge in [-0.15, -0.1) is 0 Å². The van der Waals surface area contributed by atoms with Crippen molar-refractivity contribution in [2.45, 2.75) is 6.92 Å². The highest BCUT2D eigenvalue weighted by Crippen LogP contribution is 2.27. The van der Waals surface area contributed by atoms with Crippen LogP contribution in [0.2, 0.25) is 0 Å². The average Bonchev–Trinajstić information content (AvgIpc) is 3.09. The number of hydrogen-bond acceptors (Lipinski definition) is 5. The van der Waals surface area contributed by atoms with Crippen molar-refractivity contribution in [3.63, 3.8) is 0 Å². The number of rotatable bonds is 3. The first-order valence-corrected chi connectivity index (χ1v) is 10.1. The SMILES string of the molecule is Cc1ccc(C(=O)Nc2nc3ccc(C(=O)N4CCN(C)CC4)cc3s2)cc1. The van der Waals surface area contributed by atoms with Crippen molar-refractivity contribution in [3.8, 4) is 0 Å². The van der Waals surface area contributed by atoms with Gasteiger partial charge in [0.15, 0.2) is 5.13 Å². The fraction of sp³-hybridized carbons (Fsp3) is 0.286. The minimum absolute atomic E-state index is 0.0497. The topological polar surface area (TPSA) is 65.5 Å². The molecule has 0 radical (unpaired) electrons. The molecule has 0 bridgehead atoms. The van der Waals surface area contributed by atoms with Crippen LogP contribution < -0.4 is 5.32 Å². The van der Waals surface area contributed by atoms with Crippen LogP contribution in [0.3, 0.4) is 0 Å². The Bertz CT molecular complexity index is 1020. The van der Waals surface area contributed by atoms with E-state index in [1.807, 2.05) is 42.2 Å². The molecule has 0 atom stereocenters. The van der Waals surface area contributed by atoms with E-state index in [1.165, 1.54) is 11.3 Å². The molecule has 2 amide bonds. The molecule has 1 saturated heterocycles. The molecular weight excluding hydrogens is 372 g/mol. The molecule has 3 aromatic rings. The molecular formula is C21H22N4O2S. The first kappa shape index (κ1) is 18.6. The van der Waals surface area contributed by atoms with Crippen molar-refractivity contribution >= 4 is 38.5 Å². The Morgan fingerprint density at radius 2 is 1.68 bits per heavy atom. The molecule has 4 rings (SSSR count). The number of benzene rings is 2. The van der Waals surface area contributed by atoms with E-state index in [2.05, 4.69) is 22.2 Å². The van der Waals surface area contributed by atoms with Crippen LogP contribution in [0, 0.1) is 6.92 Å². The Labute approximate surface area is 167 Å². The molecule has 0 unspecified atom stereocenters. The van der Waals surface area contributed by atoms with E-state index in [4.69, 9.17) is 0 Å². The lowest BCUT2D eigenvalue weighted by atomic mass is 10.1. The number of carbonyl (C=O) groups excluding carboxylic acids is 2. The molecule has 1 aliphatic heterocycles. The predicted molar refractivity (Wildman–Crippen MR) is 112 cm³/mol. The van der Waals surface area contributed by atoms with Crippen molar-refractivity contribution in [1.82, 2.24) is 14.8 Å². The lowest BCUT2D eigenvalue weighted by Crippen LogP contribution is -2.47. The number of hydrogen-bond donors (Lipinski definition) is 1. The number of anilines is 1. The van der Waals surface area contributed by atoms with Crippen LogP contribution in [0.5, 0.6) is 0 Å². The summed E-state index contributed by atoms with van der Waals surface area (Å²) in [5.41, 5.74) is 3.14. The molecule has 1 fully saturated rings. The fourth-order valence-electron chi connectivity index (χ4n) is 3.18. The van der Waals surface area contributed by atoms with Crippen LogP contribution in [0.1, 0.15) is 26.3 Å². The van der Waals surface area contributed by atoms with Crippen LogP contribution >= 0.6 is 11.3 Å². The Kier molecular flexibility index (Phi) is 5.11. The predicted octanol–water partition coefficient (Wildman–Crippen LogP) is 3.24. The number of nitrogens with zero attached hydrogens (tertiary/aromatic N) is 3. The van der Waals surface area contributed by atoms with E-state index in [9.17, 15) is 9.59 Å². The van der Waals surface area contributed by atoms with E-state index in [0.29, 0.717) is 16.3 Å². The molecule has 0 aliphatic carbocycles. The van der Waals surface area contributed by atoms with Gasteiger partial charge in [0.05, 0.1) is 10.2 Å². The maximum Gasteiger partial charge on any atom is 0.257 e. The van der Waals surface area contributed by atoms with E-state index in [1.54, 1.807) is 12.1 Å². The number of thiazole rings is 1. The number of piperazine rings is 1. The number of carbonyl (C=O) groups is 2. The molecule has 28 heavy (non-hydrogen) atoms. The number of likely N-dealkylation sites (N-methyl/N-ethyl adjacent to an activating group) is 1. The molecule has 1 N–H and O–H groups in total. The zero-order valence-corrected chi connectivity index (χ0v) is 16.8. The van der Waals surface area contributed by atoms with Gasteiger partial charge in [0.2, 0.25) is 0 Å². The Morgan fingerprint density at radius 3 is 2.39 bits per heavy atom. The van der Waals surface area contributed by atoms with Crippen LogP contribution in [0.15, 0.2) is 42.5 Å². The highest BCUT2D eigenvalue weighted by molar-refractivity contribution is 7.22. The minimum Gasteiger partial charge on any atom is -0.336 e. The molecule has 0 saturated carbocycles. The highest BCUT2D eigenvalue weighted by Gasteiger charge is 2.21. The number of nitrogens with one attached hydrogen (secondary N) is 1. The highest BCUT2D eigenvalue weighted by atomic mass is 32.1. The second-order valence-electron chi connectivity index (χ2n) is 7.12. The molecule has 2 heterocycles. The molecule has 7 heteroatoms. The van der Waals surface area contributed by atoms with Gasteiger partial charge < -0.3 is 9.80 Å². The minimum atomic E-state index is -0.187. The lowest BCUT2D eigenvalue weighted by molar-refractivity contribution is 0.0664. The maximum absolute atomic E-state index is 12.8. The van der Waals surface area contributed by atoms with E-state index < -0.39 is 0 Å². The number of fused-ring (bicyclic) bond motifs is 1. The average molecular weight is 395 g/mol. The standard InChI is InChI=1S/C21H22N4O2S/c1-14-3-5-15(6-4-14)19(26)23-21-22-17-8-7-16(13-18(17)28-21)20(27)25-11-9-24(2)10-12-25/h3-8,13H,9-12H2,1-2H3,(H,22,23,26). The van der Waals surface area contributed by atoms with E-state index >= 15 is 0 Å². The van der Waals surface area contributed by atoms with E-state index in [-0.39, 0.29) is 11.8 Å². The first-order chi connectivity index (χ1) is 13.5. The van der Waals surface area contributed by atoms with Crippen molar-refractivity contribution < 1.29 is 9.59 Å². The van der Waals surface area contributed by atoms with Gasteiger partial charge in [-0.2, -0.15) is 0 Å². The molecule has 1 aliphatic rings. The lowest BCUT2D eigenvalue weighted by Gasteiger charge is -2.32. The van der Waals surface area contributed by atoms with Crippen molar-refractivity contribution in [2.75, 3.05) is 38.5 Å². The Morgan fingerprint density at radius 1 is 1.00 bits per heavy atom. The summed E-state index contributed by atoms with van der Waals surface area (Å²) in [6.45, 7) is 5.26. The summed E-state index contributed by atoms with van der Waals surface area (Å²) in [5, 5.41) is 3.38. The Hall–Kier alpha value is -2.77. The summed E-state index contributed by atoms with van der Waals surface area (Å²) in [7, 11) is 2.07. The fourth-order valence-corrected chi connectivity index (χ4v) is 4.08. The quantitative estimate of drug-likeness (QED) is 0.741. The summed E-state index contributed by atoms with van der Waals surface area (Å²) < 4.78 is 0.888. The van der Waals surface area contributed by atoms with Gasteiger partial charge in [-0.3, -0.25) is 14.9 Å². The van der Waals surface area contributed by atoms with Crippen molar-refractivity contribution in [2.24, 2.45) is 0 Å². The van der Waals surface area contributed by atoms with E-state index in [0.717, 1.165) is 42.0 Å². The number of aryl methyl sites for hydroxylation is 1. The van der Waals surface area contributed by atoms with Crippen molar-refractivity contribution in [1.29, 1.82) is 0 Å². The van der Waals surface area contributed by atoms with Gasteiger partial charge in [-0.25, -0.2) is 4.98 Å². The monoisotopic (exact) mass is 394 g/mol. The summed E-state index contributed by atoms with van der Waals surface area (Å²) >= 11 is 1.38. The normalized spacial score (nSPS) is 15.0.